The van der Waals surface area contributed by atoms with Gasteiger partial charge in [0.25, 0.3) is 0 Å². The van der Waals surface area contributed by atoms with E-state index in [-0.39, 0.29) is 0 Å². The van der Waals surface area contributed by atoms with Crippen LogP contribution in [0.25, 0.3) is 0 Å². The summed E-state index contributed by atoms with van der Waals surface area (Å²) < 4.78 is 0. The summed E-state index contributed by atoms with van der Waals surface area (Å²) in [6.45, 7) is 11.0. The second-order valence-electron chi connectivity index (χ2n) is 8.52. The summed E-state index contributed by atoms with van der Waals surface area (Å²) in [5, 5.41) is 3.63. The number of nitrogens with zero attached hydrogens (tertiary/aromatic N) is 4. The molecule has 1 fully saturated rings. The molecule has 0 spiro atoms. The minimum atomic E-state index is 0.316. The monoisotopic (exact) mass is 401 g/mol. The molecular formula is C23H39N5O. The van der Waals surface area contributed by atoms with Gasteiger partial charge in [0, 0.05) is 44.8 Å². The molecule has 1 aromatic heterocycles. The van der Waals surface area contributed by atoms with Crippen LogP contribution in [0.3, 0.4) is 0 Å². The van der Waals surface area contributed by atoms with Gasteiger partial charge >= 0.3 is 0 Å². The molecule has 0 bridgehead atoms. The van der Waals surface area contributed by atoms with Gasteiger partial charge in [-0.2, -0.15) is 0 Å². The van der Waals surface area contributed by atoms with Crippen molar-refractivity contribution in [2.45, 2.75) is 58.0 Å². The smallest absolute Gasteiger partial charge is 0.222 e. The Bertz CT molecular complexity index is 648. The molecule has 1 N–H and O–H groups in total. The number of piperazine rings is 1. The highest BCUT2D eigenvalue weighted by Gasteiger charge is 2.29. The van der Waals surface area contributed by atoms with Gasteiger partial charge in [-0.25, -0.2) is 0 Å². The van der Waals surface area contributed by atoms with Crippen molar-refractivity contribution >= 4 is 5.91 Å². The van der Waals surface area contributed by atoms with E-state index in [1.165, 1.54) is 24.1 Å². The zero-order chi connectivity index (χ0) is 20.6. The molecule has 2 heterocycles. The van der Waals surface area contributed by atoms with Crippen molar-refractivity contribution in [2.24, 2.45) is 0 Å². The zero-order valence-corrected chi connectivity index (χ0v) is 18.6. The first kappa shape index (κ1) is 22.2. The molecule has 6 heteroatoms. The minimum Gasteiger partial charge on any atom is -0.340 e. The molecule has 2 aliphatic rings. The number of rotatable bonds is 9. The molecule has 0 aromatic carbocycles. The van der Waals surface area contributed by atoms with E-state index in [1.54, 1.807) is 0 Å². The second-order valence-corrected chi connectivity index (χ2v) is 8.52. The highest BCUT2D eigenvalue weighted by molar-refractivity contribution is 5.76. The first-order valence-electron chi connectivity index (χ1n) is 11.5. The van der Waals surface area contributed by atoms with Crippen molar-refractivity contribution in [3.63, 3.8) is 0 Å². The van der Waals surface area contributed by atoms with Gasteiger partial charge in [0.05, 0.1) is 11.7 Å². The maximum Gasteiger partial charge on any atom is 0.222 e. The van der Waals surface area contributed by atoms with Gasteiger partial charge in [0.2, 0.25) is 5.91 Å². The lowest BCUT2D eigenvalue weighted by atomic mass is 9.91. The number of pyridine rings is 1. The number of likely N-dealkylation sites (N-methyl/N-ethyl adjacent to an activating group) is 1. The predicted molar refractivity (Wildman–Crippen MR) is 118 cm³/mol. The fraction of sp³-hybridized carbons (Fsp3) is 0.739. The maximum absolute atomic E-state index is 12.7. The number of hydrogen-bond acceptors (Lipinski definition) is 5. The average molecular weight is 402 g/mol. The number of aryl methyl sites for hydroxylation is 1. The molecule has 2 atom stereocenters. The van der Waals surface area contributed by atoms with E-state index in [1.807, 2.05) is 12.3 Å². The topological polar surface area (TPSA) is 51.7 Å². The highest BCUT2D eigenvalue weighted by Crippen LogP contribution is 2.31. The number of carbonyl (C=O) groups is 1. The van der Waals surface area contributed by atoms with Crippen LogP contribution in [0.4, 0.5) is 0 Å². The summed E-state index contributed by atoms with van der Waals surface area (Å²) in [7, 11) is 2.21. The van der Waals surface area contributed by atoms with Gasteiger partial charge in [0.15, 0.2) is 0 Å². The van der Waals surface area contributed by atoms with Crippen LogP contribution in [0.1, 0.15) is 56.8 Å². The predicted octanol–water partition coefficient (Wildman–Crippen LogP) is 2.31. The normalized spacial score (nSPS) is 22.2. The Hall–Kier alpha value is -1.50. The first-order chi connectivity index (χ1) is 14.1. The van der Waals surface area contributed by atoms with Gasteiger partial charge < -0.3 is 15.1 Å². The van der Waals surface area contributed by atoms with Crippen LogP contribution in [0.15, 0.2) is 18.3 Å². The van der Waals surface area contributed by atoms with Crippen LogP contribution < -0.4 is 5.32 Å². The van der Waals surface area contributed by atoms with Crippen molar-refractivity contribution < 1.29 is 4.79 Å². The molecular weight excluding hydrogens is 362 g/mol. The lowest BCUT2D eigenvalue weighted by Gasteiger charge is -2.39. The average Bonchev–Trinajstić information content (AvgIpc) is 2.76. The fourth-order valence-corrected chi connectivity index (χ4v) is 4.81. The van der Waals surface area contributed by atoms with Crippen LogP contribution >= 0.6 is 0 Å². The van der Waals surface area contributed by atoms with Gasteiger partial charge in [0.1, 0.15) is 0 Å². The van der Waals surface area contributed by atoms with Crippen LogP contribution in [0.5, 0.6) is 0 Å². The standard InChI is InChI=1S/C23H39N5O/c1-4-27(5-2)15-8-12-22(29)28-16-14-24-20(18-28)17-26(3)21-11-6-9-19-10-7-13-25-23(19)21/h7,10,13,20-21,24H,4-6,8-9,11-12,14-18H2,1-3H3. The number of nitrogens with one attached hydrogen (secondary N) is 1. The van der Waals surface area contributed by atoms with Crippen molar-refractivity contribution in [3.8, 4) is 0 Å². The summed E-state index contributed by atoms with van der Waals surface area (Å²) in [4.78, 5) is 24.3. The Morgan fingerprint density at radius 3 is 2.97 bits per heavy atom. The van der Waals surface area contributed by atoms with Crippen molar-refractivity contribution in [3.05, 3.63) is 29.6 Å². The second kappa shape index (κ2) is 11.0. The molecule has 1 saturated heterocycles. The molecule has 162 valence electrons. The van der Waals surface area contributed by atoms with Crippen LogP contribution in [-0.2, 0) is 11.2 Å². The molecule has 2 unspecified atom stereocenters. The quantitative estimate of drug-likeness (QED) is 0.688. The number of fused-ring (bicyclic) bond motifs is 1. The number of carbonyl (C=O) groups excluding carboxylic acids is 1. The highest BCUT2D eigenvalue weighted by atomic mass is 16.2. The van der Waals surface area contributed by atoms with Crippen LogP contribution in [0.2, 0.25) is 0 Å². The van der Waals surface area contributed by atoms with Crippen molar-refractivity contribution in [1.82, 2.24) is 25.0 Å². The van der Waals surface area contributed by atoms with E-state index in [0.717, 1.165) is 58.7 Å². The van der Waals surface area contributed by atoms with Gasteiger partial charge in [-0.3, -0.25) is 14.7 Å². The summed E-state index contributed by atoms with van der Waals surface area (Å²) in [5.41, 5.74) is 2.65. The van der Waals surface area contributed by atoms with Gasteiger partial charge in [-0.1, -0.05) is 19.9 Å². The molecule has 1 aliphatic carbocycles. The Morgan fingerprint density at radius 2 is 2.17 bits per heavy atom. The van der Waals surface area contributed by atoms with Gasteiger partial charge in [-0.15, -0.1) is 0 Å². The Kier molecular flexibility index (Phi) is 8.45. The van der Waals surface area contributed by atoms with E-state index < -0.39 is 0 Å². The van der Waals surface area contributed by atoms with E-state index >= 15 is 0 Å². The third kappa shape index (κ3) is 6.00. The van der Waals surface area contributed by atoms with Gasteiger partial charge in [-0.05, 0) is 64.0 Å². The minimum absolute atomic E-state index is 0.316. The fourth-order valence-electron chi connectivity index (χ4n) is 4.81. The number of hydrogen-bond donors (Lipinski definition) is 1. The SMILES string of the molecule is CCN(CC)CCCC(=O)N1CCNC(CN(C)C2CCCc3cccnc32)C1. The zero-order valence-electron chi connectivity index (χ0n) is 18.6. The summed E-state index contributed by atoms with van der Waals surface area (Å²) >= 11 is 0. The van der Waals surface area contributed by atoms with E-state index in [4.69, 9.17) is 0 Å². The summed E-state index contributed by atoms with van der Waals surface area (Å²) in [6.07, 6.45) is 7.08. The summed E-state index contributed by atoms with van der Waals surface area (Å²) in [5.74, 6) is 0.316. The molecule has 1 aliphatic heterocycles. The molecule has 3 rings (SSSR count). The van der Waals surface area contributed by atoms with E-state index in [2.05, 4.69) is 52.0 Å². The molecule has 0 saturated carbocycles. The number of amides is 1. The molecule has 0 radical (unpaired) electrons. The third-order valence-corrected chi connectivity index (χ3v) is 6.57. The van der Waals surface area contributed by atoms with Crippen LogP contribution in [0, 0.1) is 0 Å². The molecule has 29 heavy (non-hydrogen) atoms. The van der Waals surface area contributed by atoms with E-state index in [9.17, 15) is 4.79 Å². The molecule has 6 nitrogen and oxygen atoms in total. The molecule has 1 amide bonds. The Labute approximate surface area is 176 Å². The van der Waals surface area contributed by atoms with E-state index in [0.29, 0.717) is 24.4 Å². The summed E-state index contributed by atoms with van der Waals surface area (Å²) in [6, 6.07) is 4.99. The maximum atomic E-state index is 12.7. The lowest BCUT2D eigenvalue weighted by Crippen LogP contribution is -2.56. The third-order valence-electron chi connectivity index (χ3n) is 6.57. The molecule has 1 aromatic rings. The first-order valence-corrected chi connectivity index (χ1v) is 11.5. The van der Waals surface area contributed by atoms with Crippen LogP contribution in [-0.4, -0.2) is 84.5 Å². The largest absolute Gasteiger partial charge is 0.340 e. The van der Waals surface area contributed by atoms with Crippen molar-refractivity contribution in [2.75, 3.05) is 52.9 Å². The lowest BCUT2D eigenvalue weighted by molar-refractivity contribution is -0.132. The Morgan fingerprint density at radius 1 is 1.34 bits per heavy atom. The van der Waals surface area contributed by atoms with Crippen molar-refractivity contribution in [1.29, 1.82) is 0 Å². The Balaban J connectivity index is 1.49. The number of aromatic nitrogens is 1.